The maximum Gasteiger partial charge on any atom is 0.191 e. The van der Waals surface area contributed by atoms with Gasteiger partial charge in [-0.05, 0) is 50.1 Å². The molecule has 1 atom stereocenters. The molecule has 3 N–H and O–H groups in total. The summed E-state index contributed by atoms with van der Waals surface area (Å²) in [7, 11) is 0. The lowest BCUT2D eigenvalue weighted by molar-refractivity contribution is 0.0437. The van der Waals surface area contributed by atoms with E-state index in [0.717, 1.165) is 24.2 Å². The average Bonchev–Trinajstić information content (AvgIpc) is 3.39. The van der Waals surface area contributed by atoms with E-state index in [0.29, 0.717) is 18.3 Å². The number of hydrogen-bond donors (Lipinski definition) is 3. The number of para-hydroxylation sites is 1. The Balaban J connectivity index is 0.00000300. The van der Waals surface area contributed by atoms with Crippen LogP contribution in [0.15, 0.2) is 70.5 Å². The van der Waals surface area contributed by atoms with Gasteiger partial charge in [0.1, 0.15) is 11.4 Å². The molecule has 0 aliphatic heterocycles. The van der Waals surface area contributed by atoms with E-state index in [2.05, 4.69) is 20.7 Å². The summed E-state index contributed by atoms with van der Waals surface area (Å²) in [6, 6.07) is 13.5. The first-order valence-electron chi connectivity index (χ1n) is 9.46. The van der Waals surface area contributed by atoms with Crippen LogP contribution < -0.4 is 10.6 Å². The molecule has 0 saturated heterocycles. The predicted octanol–water partition coefficient (Wildman–Crippen LogP) is 3.09. The van der Waals surface area contributed by atoms with Crippen molar-refractivity contribution in [2.75, 3.05) is 19.6 Å². The highest BCUT2D eigenvalue weighted by Crippen LogP contribution is 2.21. The summed E-state index contributed by atoms with van der Waals surface area (Å²) in [5.41, 5.74) is 1.02. The average molecular weight is 509 g/mol. The van der Waals surface area contributed by atoms with Gasteiger partial charge in [0.25, 0.3) is 0 Å². The second-order valence-corrected chi connectivity index (χ2v) is 6.75. The molecule has 0 bridgehead atoms. The van der Waals surface area contributed by atoms with E-state index in [9.17, 15) is 5.11 Å². The zero-order valence-corrected chi connectivity index (χ0v) is 19.0. The third-order valence-electron chi connectivity index (χ3n) is 4.30. The van der Waals surface area contributed by atoms with Gasteiger partial charge in [0.15, 0.2) is 5.96 Å². The molecule has 156 valence electrons. The van der Waals surface area contributed by atoms with Gasteiger partial charge in [-0.15, -0.1) is 24.0 Å². The number of furan rings is 1. The summed E-state index contributed by atoms with van der Waals surface area (Å²) >= 11 is 0. The van der Waals surface area contributed by atoms with Crippen molar-refractivity contribution in [3.63, 3.8) is 0 Å². The standard InChI is InChI=1S/C21H27N5O2.HI/c1-3-22-20(24-16-21(2,27)19-10-7-13-28-19)23-12-11-17-14-25-26(15-17)18-8-5-4-6-9-18;/h4-10,13-15,27H,3,11-12,16H2,1-2H3,(H2,22,23,24);1H. The molecule has 2 heterocycles. The minimum atomic E-state index is -1.15. The lowest BCUT2D eigenvalue weighted by Crippen LogP contribution is -2.39. The van der Waals surface area contributed by atoms with Gasteiger partial charge in [-0.25, -0.2) is 9.67 Å². The molecule has 0 radical (unpaired) electrons. The Morgan fingerprint density at radius 2 is 2.00 bits per heavy atom. The van der Waals surface area contributed by atoms with E-state index < -0.39 is 5.60 Å². The monoisotopic (exact) mass is 509 g/mol. The zero-order chi connectivity index (χ0) is 19.8. The lowest BCUT2D eigenvalue weighted by Gasteiger charge is -2.19. The molecular weight excluding hydrogens is 481 g/mol. The molecule has 0 amide bonds. The summed E-state index contributed by atoms with van der Waals surface area (Å²) in [6.07, 6.45) is 6.27. The van der Waals surface area contributed by atoms with Crippen LogP contribution in [-0.2, 0) is 12.0 Å². The first kappa shape index (κ1) is 23.0. The number of benzene rings is 1. The van der Waals surface area contributed by atoms with Crippen molar-refractivity contribution in [2.24, 2.45) is 4.99 Å². The zero-order valence-electron chi connectivity index (χ0n) is 16.7. The number of halogens is 1. The molecule has 1 aromatic carbocycles. The van der Waals surface area contributed by atoms with Crippen LogP contribution in [0.3, 0.4) is 0 Å². The maximum atomic E-state index is 10.5. The van der Waals surface area contributed by atoms with Crippen molar-refractivity contribution in [1.82, 2.24) is 20.4 Å². The summed E-state index contributed by atoms with van der Waals surface area (Å²) in [6.45, 7) is 5.33. The number of nitrogens with one attached hydrogen (secondary N) is 2. The van der Waals surface area contributed by atoms with Gasteiger partial charge in [-0.1, -0.05) is 18.2 Å². The van der Waals surface area contributed by atoms with Crippen LogP contribution >= 0.6 is 24.0 Å². The summed E-state index contributed by atoms with van der Waals surface area (Å²) in [5, 5.41) is 21.4. The molecule has 1 unspecified atom stereocenters. The number of guanidine groups is 1. The van der Waals surface area contributed by atoms with Crippen molar-refractivity contribution < 1.29 is 9.52 Å². The Bertz CT molecular complexity index is 876. The van der Waals surface area contributed by atoms with Crippen LogP contribution in [0.1, 0.15) is 25.2 Å². The van der Waals surface area contributed by atoms with Crippen molar-refractivity contribution in [3.8, 4) is 5.69 Å². The van der Waals surface area contributed by atoms with E-state index in [1.54, 1.807) is 25.3 Å². The fourth-order valence-corrected chi connectivity index (χ4v) is 2.77. The Morgan fingerprint density at radius 3 is 2.69 bits per heavy atom. The third-order valence-corrected chi connectivity index (χ3v) is 4.30. The van der Waals surface area contributed by atoms with E-state index in [1.165, 1.54) is 0 Å². The fraction of sp³-hybridized carbons (Fsp3) is 0.333. The molecule has 8 heteroatoms. The SMILES string of the molecule is CCNC(=NCC(C)(O)c1ccco1)NCCc1cnn(-c2ccccc2)c1.I. The van der Waals surface area contributed by atoms with Gasteiger partial charge in [0.2, 0.25) is 0 Å². The van der Waals surface area contributed by atoms with Gasteiger partial charge in [0.05, 0.1) is 24.7 Å². The topological polar surface area (TPSA) is 87.6 Å². The van der Waals surface area contributed by atoms with Gasteiger partial charge in [0, 0.05) is 19.3 Å². The minimum Gasteiger partial charge on any atom is -0.466 e. The lowest BCUT2D eigenvalue weighted by atomic mass is 10.0. The number of rotatable bonds is 8. The van der Waals surface area contributed by atoms with E-state index in [4.69, 9.17) is 4.42 Å². The molecule has 29 heavy (non-hydrogen) atoms. The molecule has 0 aliphatic carbocycles. The minimum absolute atomic E-state index is 0. The van der Waals surface area contributed by atoms with E-state index in [-0.39, 0.29) is 30.5 Å². The highest BCUT2D eigenvalue weighted by Gasteiger charge is 2.26. The van der Waals surface area contributed by atoms with Crippen molar-refractivity contribution in [1.29, 1.82) is 0 Å². The molecule has 0 aliphatic rings. The summed E-state index contributed by atoms with van der Waals surface area (Å²) in [4.78, 5) is 4.49. The molecule has 3 aromatic rings. The Hall–Kier alpha value is -2.33. The first-order chi connectivity index (χ1) is 13.6. The highest BCUT2D eigenvalue weighted by molar-refractivity contribution is 14.0. The Kier molecular flexibility index (Phi) is 8.71. The quantitative estimate of drug-likeness (QED) is 0.247. The Morgan fingerprint density at radius 1 is 1.21 bits per heavy atom. The Labute approximate surface area is 188 Å². The van der Waals surface area contributed by atoms with Crippen molar-refractivity contribution >= 4 is 29.9 Å². The maximum absolute atomic E-state index is 10.5. The van der Waals surface area contributed by atoms with Crippen LogP contribution in [0.5, 0.6) is 0 Å². The van der Waals surface area contributed by atoms with Crippen LogP contribution in [0, 0.1) is 0 Å². The number of hydrogen-bond acceptors (Lipinski definition) is 4. The number of aliphatic hydroxyl groups is 1. The van der Waals surface area contributed by atoms with Gasteiger partial charge in [-0.3, -0.25) is 0 Å². The smallest absolute Gasteiger partial charge is 0.191 e. The van der Waals surface area contributed by atoms with Crippen LogP contribution in [0.4, 0.5) is 0 Å². The second kappa shape index (κ2) is 11.0. The first-order valence-corrected chi connectivity index (χ1v) is 9.46. The van der Waals surface area contributed by atoms with Gasteiger partial charge in [-0.2, -0.15) is 5.10 Å². The van der Waals surface area contributed by atoms with E-state index >= 15 is 0 Å². The van der Waals surface area contributed by atoms with Crippen LogP contribution in [0.2, 0.25) is 0 Å². The van der Waals surface area contributed by atoms with Gasteiger partial charge < -0.3 is 20.2 Å². The number of nitrogens with zero attached hydrogens (tertiary/aromatic N) is 3. The molecule has 2 aromatic heterocycles. The fourth-order valence-electron chi connectivity index (χ4n) is 2.77. The van der Waals surface area contributed by atoms with Crippen molar-refractivity contribution in [2.45, 2.75) is 25.9 Å². The molecule has 0 spiro atoms. The van der Waals surface area contributed by atoms with Gasteiger partial charge >= 0.3 is 0 Å². The van der Waals surface area contributed by atoms with Crippen LogP contribution in [-0.4, -0.2) is 40.5 Å². The predicted molar refractivity (Wildman–Crippen MR) is 125 cm³/mol. The number of aromatic nitrogens is 2. The third kappa shape index (κ3) is 6.60. The molecule has 7 nitrogen and oxygen atoms in total. The molecule has 0 saturated carbocycles. The normalized spacial score (nSPS) is 13.4. The summed E-state index contributed by atoms with van der Waals surface area (Å²) in [5.74, 6) is 1.16. The highest BCUT2D eigenvalue weighted by atomic mass is 127. The number of aliphatic imine (C=N–C) groups is 1. The molecular formula is C21H28IN5O2. The molecule has 3 rings (SSSR count). The summed E-state index contributed by atoms with van der Waals surface area (Å²) < 4.78 is 7.17. The second-order valence-electron chi connectivity index (χ2n) is 6.75. The van der Waals surface area contributed by atoms with Crippen LogP contribution in [0.25, 0.3) is 5.69 Å². The van der Waals surface area contributed by atoms with E-state index in [1.807, 2.05) is 54.3 Å². The molecule has 0 fully saturated rings. The van der Waals surface area contributed by atoms with Crippen molar-refractivity contribution in [3.05, 3.63) is 72.4 Å². The largest absolute Gasteiger partial charge is 0.466 e.